The van der Waals surface area contributed by atoms with Crippen LogP contribution in [0.3, 0.4) is 0 Å². The highest BCUT2D eigenvalue weighted by Gasteiger charge is 2.00. The lowest BCUT2D eigenvalue weighted by Gasteiger charge is -2.09. The second kappa shape index (κ2) is 8.15. The molecule has 106 valence electrons. The van der Waals surface area contributed by atoms with Crippen LogP contribution in [0.1, 0.15) is 5.56 Å². The first kappa shape index (κ1) is 15.2. The normalized spacial score (nSPS) is 10.5. The van der Waals surface area contributed by atoms with Gasteiger partial charge in [0.25, 0.3) is 0 Å². The molecule has 4 heteroatoms. The zero-order valence-corrected chi connectivity index (χ0v) is 12.7. The van der Waals surface area contributed by atoms with E-state index in [1.54, 1.807) is 12.1 Å². The Labute approximate surface area is 130 Å². The summed E-state index contributed by atoms with van der Waals surface area (Å²) in [6.07, 6.45) is 1.04. The predicted octanol–water partition coefficient (Wildman–Crippen LogP) is 4.24. The molecule has 2 rings (SSSR count). The number of halogens is 2. The van der Waals surface area contributed by atoms with Gasteiger partial charge in [-0.05, 0) is 36.7 Å². The van der Waals surface area contributed by atoms with Gasteiger partial charge in [0.1, 0.15) is 0 Å². The summed E-state index contributed by atoms with van der Waals surface area (Å²) in [5, 5.41) is 8.06. The molecule has 0 radical (unpaired) electrons. The summed E-state index contributed by atoms with van der Waals surface area (Å²) >= 11 is 12.0. The van der Waals surface area contributed by atoms with Crippen molar-refractivity contribution in [1.82, 2.24) is 5.32 Å². The van der Waals surface area contributed by atoms with Crippen LogP contribution in [0.2, 0.25) is 10.0 Å². The number of nitrogens with one attached hydrogen (secondary N) is 2. The fourth-order valence-electron chi connectivity index (χ4n) is 1.92. The van der Waals surface area contributed by atoms with E-state index in [-0.39, 0.29) is 0 Å². The Balaban J connectivity index is 1.63. The molecular formula is C16H18Cl2N2. The van der Waals surface area contributed by atoms with E-state index in [0.717, 1.165) is 31.7 Å². The standard InChI is InChI=1S/C16H18Cl2N2/c17-14-6-7-15(18)16(12-14)20-11-10-19-9-8-13-4-2-1-3-5-13/h1-7,12,19-20H,8-11H2. The maximum atomic E-state index is 6.07. The van der Waals surface area contributed by atoms with Gasteiger partial charge in [0.15, 0.2) is 0 Å². The summed E-state index contributed by atoms with van der Waals surface area (Å²) in [5.74, 6) is 0. The third-order valence-corrected chi connectivity index (χ3v) is 3.54. The Morgan fingerprint density at radius 1 is 0.850 bits per heavy atom. The first-order valence-corrected chi connectivity index (χ1v) is 7.45. The third kappa shape index (κ3) is 5.04. The molecule has 0 atom stereocenters. The zero-order chi connectivity index (χ0) is 14.2. The number of anilines is 1. The zero-order valence-electron chi connectivity index (χ0n) is 11.2. The molecule has 0 amide bonds. The second-order valence-electron chi connectivity index (χ2n) is 4.54. The summed E-state index contributed by atoms with van der Waals surface area (Å²) in [5.41, 5.74) is 2.23. The van der Waals surface area contributed by atoms with Crippen LogP contribution in [0.4, 0.5) is 5.69 Å². The van der Waals surface area contributed by atoms with Gasteiger partial charge >= 0.3 is 0 Å². The summed E-state index contributed by atoms with van der Waals surface area (Å²) in [6.45, 7) is 2.67. The van der Waals surface area contributed by atoms with Gasteiger partial charge in [-0.3, -0.25) is 0 Å². The topological polar surface area (TPSA) is 24.1 Å². The average Bonchev–Trinajstić information content (AvgIpc) is 2.47. The molecule has 2 N–H and O–H groups in total. The van der Waals surface area contributed by atoms with Crippen molar-refractivity contribution < 1.29 is 0 Å². The number of hydrogen-bond donors (Lipinski definition) is 2. The predicted molar refractivity (Wildman–Crippen MR) is 88.0 cm³/mol. The van der Waals surface area contributed by atoms with Gasteiger partial charge in [0.05, 0.1) is 10.7 Å². The van der Waals surface area contributed by atoms with Crippen molar-refractivity contribution in [1.29, 1.82) is 0 Å². The van der Waals surface area contributed by atoms with Crippen LogP contribution >= 0.6 is 23.2 Å². The first-order valence-electron chi connectivity index (χ1n) is 6.69. The molecule has 2 nitrogen and oxygen atoms in total. The quantitative estimate of drug-likeness (QED) is 0.748. The van der Waals surface area contributed by atoms with Crippen LogP contribution in [0.25, 0.3) is 0 Å². The summed E-state index contributed by atoms with van der Waals surface area (Å²) in [6, 6.07) is 15.9. The van der Waals surface area contributed by atoms with Crippen LogP contribution in [0.5, 0.6) is 0 Å². The molecular weight excluding hydrogens is 291 g/mol. The Morgan fingerprint density at radius 3 is 2.45 bits per heavy atom. The lowest BCUT2D eigenvalue weighted by atomic mass is 10.1. The SMILES string of the molecule is Clc1ccc(Cl)c(NCCNCCc2ccccc2)c1. The Bertz CT molecular complexity index is 529. The Morgan fingerprint density at radius 2 is 1.65 bits per heavy atom. The van der Waals surface area contributed by atoms with Crippen molar-refractivity contribution in [3.63, 3.8) is 0 Å². The molecule has 0 saturated heterocycles. The molecule has 0 aliphatic rings. The van der Waals surface area contributed by atoms with Crippen LogP contribution < -0.4 is 10.6 Å². The average molecular weight is 309 g/mol. The molecule has 0 saturated carbocycles. The lowest BCUT2D eigenvalue weighted by Crippen LogP contribution is -2.24. The fourth-order valence-corrected chi connectivity index (χ4v) is 2.28. The van der Waals surface area contributed by atoms with Gasteiger partial charge in [-0.15, -0.1) is 0 Å². The Kier molecular flexibility index (Phi) is 6.19. The lowest BCUT2D eigenvalue weighted by molar-refractivity contribution is 0.699. The van der Waals surface area contributed by atoms with Crippen molar-refractivity contribution in [3.05, 3.63) is 64.1 Å². The van der Waals surface area contributed by atoms with Gasteiger partial charge in [-0.1, -0.05) is 53.5 Å². The molecule has 0 aliphatic heterocycles. The third-order valence-electron chi connectivity index (χ3n) is 2.98. The fraction of sp³-hybridized carbons (Fsp3) is 0.250. The van der Waals surface area contributed by atoms with Crippen LogP contribution in [0, 0.1) is 0 Å². The minimum atomic E-state index is 0.689. The molecule has 0 heterocycles. The maximum absolute atomic E-state index is 6.07. The van der Waals surface area contributed by atoms with Crippen molar-refractivity contribution in [2.45, 2.75) is 6.42 Å². The molecule has 0 bridgehead atoms. The number of rotatable bonds is 7. The largest absolute Gasteiger partial charge is 0.383 e. The second-order valence-corrected chi connectivity index (χ2v) is 5.38. The minimum absolute atomic E-state index is 0.689. The van der Waals surface area contributed by atoms with Crippen molar-refractivity contribution in [3.8, 4) is 0 Å². The maximum Gasteiger partial charge on any atom is 0.0638 e. The highest BCUT2D eigenvalue weighted by molar-refractivity contribution is 6.35. The number of benzene rings is 2. The van der Waals surface area contributed by atoms with Gasteiger partial charge in [0, 0.05) is 18.1 Å². The van der Waals surface area contributed by atoms with Crippen molar-refractivity contribution in [2.75, 3.05) is 25.0 Å². The Hall–Kier alpha value is -1.22. The molecule has 2 aromatic rings. The van der Waals surface area contributed by atoms with E-state index in [1.807, 2.05) is 12.1 Å². The van der Waals surface area contributed by atoms with E-state index in [2.05, 4.69) is 34.9 Å². The van der Waals surface area contributed by atoms with E-state index < -0.39 is 0 Å². The van der Waals surface area contributed by atoms with Crippen LogP contribution in [0.15, 0.2) is 48.5 Å². The van der Waals surface area contributed by atoms with E-state index in [4.69, 9.17) is 23.2 Å². The van der Waals surface area contributed by atoms with Gasteiger partial charge in [-0.25, -0.2) is 0 Å². The monoisotopic (exact) mass is 308 g/mol. The summed E-state index contributed by atoms with van der Waals surface area (Å²) in [7, 11) is 0. The molecule has 0 aromatic heterocycles. The van der Waals surface area contributed by atoms with E-state index in [9.17, 15) is 0 Å². The van der Waals surface area contributed by atoms with Gasteiger partial charge in [-0.2, -0.15) is 0 Å². The van der Waals surface area contributed by atoms with E-state index >= 15 is 0 Å². The molecule has 0 unspecified atom stereocenters. The molecule has 20 heavy (non-hydrogen) atoms. The summed E-state index contributed by atoms with van der Waals surface area (Å²) < 4.78 is 0. The van der Waals surface area contributed by atoms with Gasteiger partial charge < -0.3 is 10.6 Å². The molecule has 0 fully saturated rings. The van der Waals surface area contributed by atoms with Crippen molar-refractivity contribution >= 4 is 28.9 Å². The highest BCUT2D eigenvalue weighted by atomic mass is 35.5. The smallest absolute Gasteiger partial charge is 0.0638 e. The number of hydrogen-bond acceptors (Lipinski definition) is 2. The molecule has 0 spiro atoms. The van der Waals surface area contributed by atoms with E-state index in [0.29, 0.717) is 10.0 Å². The van der Waals surface area contributed by atoms with Crippen LogP contribution in [-0.2, 0) is 6.42 Å². The minimum Gasteiger partial charge on any atom is -0.383 e. The van der Waals surface area contributed by atoms with E-state index in [1.165, 1.54) is 5.56 Å². The molecule has 0 aliphatic carbocycles. The highest BCUT2D eigenvalue weighted by Crippen LogP contribution is 2.24. The summed E-state index contributed by atoms with van der Waals surface area (Å²) in [4.78, 5) is 0. The first-order chi connectivity index (χ1) is 9.75. The van der Waals surface area contributed by atoms with Crippen LogP contribution in [-0.4, -0.2) is 19.6 Å². The van der Waals surface area contributed by atoms with Crippen molar-refractivity contribution in [2.24, 2.45) is 0 Å². The van der Waals surface area contributed by atoms with Gasteiger partial charge in [0.2, 0.25) is 0 Å². The molecule has 2 aromatic carbocycles.